The first kappa shape index (κ1) is 11.7. The number of carbonyl (C=O) groups excluding carboxylic acids is 1. The minimum atomic E-state index is -0.0942. The number of amides is 1. The van der Waals surface area contributed by atoms with Gasteiger partial charge in [0.1, 0.15) is 0 Å². The third kappa shape index (κ3) is 3.07. The van der Waals surface area contributed by atoms with Crippen LogP contribution in [0.4, 0.5) is 0 Å². The molecule has 1 saturated heterocycles. The number of hydrogen-bond acceptors (Lipinski definition) is 2. The standard InChI is InChI=1S/C14H16N2O/c15-10-13-7-4-8-16(14(17)9-13)11-12-5-2-1-3-6-12/h1-3,5-6,13H,4,7-9,11H2. The van der Waals surface area contributed by atoms with Crippen molar-refractivity contribution >= 4 is 5.91 Å². The molecule has 1 aromatic carbocycles. The second-order valence-corrected chi connectivity index (χ2v) is 4.47. The van der Waals surface area contributed by atoms with Crippen molar-refractivity contribution in [2.45, 2.75) is 25.8 Å². The average Bonchev–Trinajstić information content (AvgIpc) is 2.53. The van der Waals surface area contributed by atoms with Crippen molar-refractivity contribution in [3.8, 4) is 6.07 Å². The fourth-order valence-electron chi connectivity index (χ4n) is 2.18. The van der Waals surface area contributed by atoms with E-state index in [-0.39, 0.29) is 11.8 Å². The fourth-order valence-corrected chi connectivity index (χ4v) is 2.18. The van der Waals surface area contributed by atoms with Gasteiger partial charge in [-0.3, -0.25) is 4.79 Å². The molecule has 1 unspecified atom stereocenters. The van der Waals surface area contributed by atoms with Crippen LogP contribution in [0.5, 0.6) is 0 Å². The van der Waals surface area contributed by atoms with Gasteiger partial charge in [0.25, 0.3) is 0 Å². The molecule has 1 atom stereocenters. The molecule has 17 heavy (non-hydrogen) atoms. The first-order chi connectivity index (χ1) is 8.29. The molecule has 1 aliphatic rings. The van der Waals surface area contributed by atoms with Crippen LogP contribution in [-0.2, 0) is 11.3 Å². The van der Waals surface area contributed by atoms with Crippen LogP contribution in [-0.4, -0.2) is 17.4 Å². The van der Waals surface area contributed by atoms with Crippen LogP contribution in [0.15, 0.2) is 30.3 Å². The Morgan fingerprint density at radius 3 is 2.82 bits per heavy atom. The second kappa shape index (κ2) is 5.49. The molecular weight excluding hydrogens is 212 g/mol. The molecule has 1 heterocycles. The maximum absolute atomic E-state index is 12.0. The van der Waals surface area contributed by atoms with Gasteiger partial charge >= 0.3 is 0 Å². The van der Waals surface area contributed by atoms with Crippen molar-refractivity contribution in [1.29, 1.82) is 5.26 Å². The molecule has 0 aliphatic carbocycles. The van der Waals surface area contributed by atoms with E-state index in [1.54, 1.807) is 0 Å². The van der Waals surface area contributed by atoms with Gasteiger partial charge in [-0.25, -0.2) is 0 Å². The van der Waals surface area contributed by atoms with E-state index in [0.717, 1.165) is 24.9 Å². The summed E-state index contributed by atoms with van der Waals surface area (Å²) in [6, 6.07) is 12.2. The Bertz CT molecular complexity index is 422. The molecule has 1 amide bonds. The van der Waals surface area contributed by atoms with Gasteiger partial charge < -0.3 is 4.90 Å². The van der Waals surface area contributed by atoms with Gasteiger partial charge in [-0.1, -0.05) is 30.3 Å². The van der Waals surface area contributed by atoms with Gasteiger partial charge in [0.15, 0.2) is 0 Å². The van der Waals surface area contributed by atoms with E-state index in [2.05, 4.69) is 6.07 Å². The van der Waals surface area contributed by atoms with Crippen molar-refractivity contribution in [3.05, 3.63) is 35.9 Å². The maximum atomic E-state index is 12.0. The van der Waals surface area contributed by atoms with Crippen molar-refractivity contribution in [3.63, 3.8) is 0 Å². The number of benzene rings is 1. The highest BCUT2D eigenvalue weighted by Crippen LogP contribution is 2.19. The minimum Gasteiger partial charge on any atom is -0.338 e. The van der Waals surface area contributed by atoms with Crippen LogP contribution in [0, 0.1) is 17.2 Å². The summed E-state index contributed by atoms with van der Waals surface area (Å²) < 4.78 is 0. The molecule has 1 aromatic rings. The Morgan fingerprint density at radius 1 is 1.35 bits per heavy atom. The highest BCUT2D eigenvalue weighted by molar-refractivity contribution is 5.77. The molecule has 0 bridgehead atoms. The molecule has 1 fully saturated rings. The van der Waals surface area contributed by atoms with Gasteiger partial charge in [0, 0.05) is 19.5 Å². The monoisotopic (exact) mass is 228 g/mol. The van der Waals surface area contributed by atoms with Crippen LogP contribution in [0.1, 0.15) is 24.8 Å². The lowest BCUT2D eigenvalue weighted by Crippen LogP contribution is -2.30. The Balaban J connectivity index is 2.02. The smallest absolute Gasteiger partial charge is 0.224 e. The number of hydrogen-bond donors (Lipinski definition) is 0. The van der Waals surface area contributed by atoms with E-state index in [1.165, 1.54) is 0 Å². The van der Waals surface area contributed by atoms with Crippen LogP contribution in [0.2, 0.25) is 0 Å². The highest BCUT2D eigenvalue weighted by atomic mass is 16.2. The number of nitrogens with zero attached hydrogens (tertiary/aromatic N) is 2. The van der Waals surface area contributed by atoms with Gasteiger partial charge in [-0.15, -0.1) is 0 Å². The minimum absolute atomic E-state index is 0.0942. The topological polar surface area (TPSA) is 44.1 Å². The summed E-state index contributed by atoms with van der Waals surface area (Å²) >= 11 is 0. The van der Waals surface area contributed by atoms with Gasteiger partial charge in [0.05, 0.1) is 12.0 Å². The van der Waals surface area contributed by atoms with Crippen LogP contribution in [0.25, 0.3) is 0 Å². The summed E-state index contributed by atoms with van der Waals surface area (Å²) in [6.07, 6.45) is 2.15. The summed E-state index contributed by atoms with van der Waals surface area (Å²) in [5, 5.41) is 8.89. The van der Waals surface area contributed by atoms with E-state index in [4.69, 9.17) is 5.26 Å². The number of rotatable bonds is 2. The van der Waals surface area contributed by atoms with Crippen LogP contribution >= 0.6 is 0 Å². The molecule has 3 nitrogen and oxygen atoms in total. The normalized spacial score (nSPS) is 20.8. The quantitative estimate of drug-likeness (QED) is 0.779. The Morgan fingerprint density at radius 2 is 2.12 bits per heavy atom. The van der Waals surface area contributed by atoms with E-state index >= 15 is 0 Å². The lowest BCUT2D eigenvalue weighted by atomic mass is 10.0. The zero-order valence-electron chi connectivity index (χ0n) is 9.80. The molecule has 0 N–H and O–H groups in total. The van der Waals surface area contributed by atoms with E-state index in [9.17, 15) is 4.79 Å². The Labute approximate surface area is 102 Å². The number of carbonyl (C=O) groups is 1. The molecule has 0 saturated carbocycles. The first-order valence-electron chi connectivity index (χ1n) is 6.01. The van der Waals surface area contributed by atoms with E-state index in [0.29, 0.717) is 13.0 Å². The highest BCUT2D eigenvalue weighted by Gasteiger charge is 2.22. The number of likely N-dealkylation sites (tertiary alicyclic amines) is 1. The Kier molecular flexibility index (Phi) is 3.77. The Hall–Kier alpha value is -1.82. The summed E-state index contributed by atoms with van der Waals surface area (Å²) in [4.78, 5) is 13.8. The largest absolute Gasteiger partial charge is 0.338 e. The van der Waals surface area contributed by atoms with Crippen molar-refractivity contribution in [2.75, 3.05) is 6.54 Å². The maximum Gasteiger partial charge on any atom is 0.224 e. The molecule has 0 aromatic heterocycles. The van der Waals surface area contributed by atoms with Crippen molar-refractivity contribution in [2.24, 2.45) is 5.92 Å². The molecule has 0 radical (unpaired) electrons. The summed E-state index contributed by atoms with van der Waals surface area (Å²) in [6.45, 7) is 1.43. The van der Waals surface area contributed by atoms with Gasteiger partial charge in [-0.2, -0.15) is 5.26 Å². The van der Waals surface area contributed by atoms with Gasteiger partial charge in [0.2, 0.25) is 5.91 Å². The third-order valence-corrected chi connectivity index (χ3v) is 3.15. The van der Waals surface area contributed by atoms with Gasteiger partial charge in [-0.05, 0) is 18.4 Å². The SMILES string of the molecule is N#CC1CCCN(Cc2ccccc2)C(=O)C1. The zero-order chi connectivity index (χ0) is 12.1. The molecule has 2 rings (SSSR count). The van der Waals surface area contributed by atoms with E-state index in [1.807, 2.05) is 35.2 Å². The van der Waals surface area contributed by atoms with Crippen LogP contribution < -0.4 is 0 Å². The number of nitriles is 1. The fraction of sp³-hybridized carbons (Fsp3) is 0.429. The predicted octanol–water partition coefficient (Wildman–Crippen LogP) is 2.34. The summed E-state index contributed by atoms with van der Waals surface area (Å²) in [5.74, 6) is 0.0150. The van der Waals surface area contributed by atoms with E-state index < -0.39 is 0 Å². The molecule has 88 valence electrons. The first-order valence-corrected chi connectivity index (χ1v) is 6.01. The average molecular weight is 228 g/mol. The predicted molar refractivity (Wildman–Crippen MR) is 64.8 cm³/mol. The molecular formula is C14H16N2O. The van der Waals surface area contributed by atoms with Crippen molar-refractivity contribution in [1.82, 2.24) is 4.90 Å². The summed E-state index contributed by atoms with van der Waals surface area (Å²) in [5.41, 5.74) is 1.15. The molecule has 3 heteroatoms. The van der Waals surface area contributed by atoms with Crippen molar-refractivity contribution < 1.29 is 4.79 Å². The molecule has 0 spiro atoms. The second-order valence-electron chi connectivity index (χ2n) is 4.47. The molecule has 1 aliphatic heterocycles. The van der Waals surface area contributed by atoms with Crippen LogP contribution in [0.3, 0.4) is 0 Å². The summed E-state index contributed by atoms with van der Waals surface area (Å²) in [7, 11) is 0. The lowest BCUT2D eigenvalue weighted by molar-refractivity contribution is -0.131. The third-order valence-electron chi connectivity index (χ3n) is 3.15. The zero-order valence-corrected chi connectivity index (χ0v) is 9.80. The lowest BCUT2D eigenvalue weighted by Gasteiger charge is -2.20.